The fourth-order valence-corrected chi connectivity index (χ4v) is 3.51. The Morgan fingerprint density at radius 2 is 1.53 bits per heavy atom. The predicted molar refractivity (Wildman–Crippen MR) is 123 cm³/mol. The third-order valence-electron chi connectivity index (χ3n) is 4.84. The molecule has 0 aliphatic carbocycles. The highest BCUT2D eigenvalue weighted by atomic mass is 31.2. The summed E-state index contributed by atoms with van der Waals surface area (Å²) in [4.78, 5) is 29.4. The largest absolute Gasteiger partial charge is 0.469 e. The molecule has 6 nitrogen and oxygen atoms in total. The predicted octanol–water partition coefficient (Wildman–Crippen LogP) is 5.64. The average Bonchev–Trinajstić information content (AvgIpc) is 2.68. The van der Waals surface area contributed by atoms with Crippen LogP contribution in [0.15, 0.2) is 12.2 Å². The van der Waals surface area contributed by atoms with Gasteiger partial charge >= 0.3 is 7.82 Å². The summed E-state index contributed by atoms with van der Waals surface area (Å²) >= 11 is 0. The molecule has 1 amide bonds. The molecular weight excluding hydrogens is 401 g/mol. The number of unbranched alkanes of at least 4 members (excludes halogenated alkanes) is 11. The van der Waals surface area contributed by atoms with Crippen molar-refractivity contribution in [2.75, 3.05) is 6.61 Å². The Morgan fingerprint density at radius 3 is 2.07 bits per heavy atom. The summed E-state index contributed by atoms with van der Waals surface area (Å²) in [6.07, 6.45) is 26.0. The SMILES string of the molecule is C#CC[C@@H](COP(=O)(O)O)NC(=O)CCCCCCC/C=C\CCCCCCCC. The molecule has 1 atom stereocenters. The molecule has 7 heteroatoms. The van der Waals surface area contributed by atoms with Crippen LogP contribution in [0.3, 0.4) is 0 Å². The van der Waals surface area contributed by atoms with Gasteiger partial charge in [0.2, 0.25) is 5.91 Å². The van der Waals surface area contributed by atoms with Gasteiger partial charge in [0, 0.05) is 12.8 Å². The van der Waals surface area contributed by atoms with E-state index in [1.54, 1.807) is 0 Å². The molecule has 0 aromatic heterocycles. The summed E-state index contributed by atoms with van der Waals surface area (Å²) in [6, 6.07) is -0.585. The number of rotatable bonds is 20. The first-order valence-electron chi connectivity index (χ1n) is 11.5. The lowest BCUT2D eigenvalue weighted by Crippen LogP contribution is -2.37. The molecule has 3 N–H and O–H groups in total. The summed E-state index contributed by atoms with van der Waals surface area (Å²) < 4.78 is 15.2. The van der Waals surface area contributed by atoms with Crippen molar-refractivity contribution >= 4 is 13.7 Å². The molecule has 30 heavy (non-hydrogen) atoms. The molecule has 0 bridgehead atoms. The van der Waals surface area contributed by atoms with E-state index in [1.165, 1.54) is 57.8 Å². The Morgan fingerprint density at radius 1 is 1.00 bits per heavy atom. The molecule has 0 heterocycles. The lowest BCUT2D eigenvalue weighted by atomic mass is 10.1. The lowest BCUT2D eigenvalue weighted by Gasteiger charge is -2.16. The normalized spacial score (nSPS) is 12.7. The smallest absolute Gasteiger partial charge is 0.350 e. The van der Waals surface area contributed by atoms with Gasteiger partial charge in [-0.15, -0.1) is 12.3 Å². The van der Waals surface area contributed by atoms with Crippen molar-refractivity contribution in [2.45, 2.75) is 109 Å². The maximum Gasteiger partial charge on any atom is 0.469 e. The van der Waals surface area contributed by atoms with E-state index >= 15 is 0 Å². The monoisotopic (exact) mass is 443 g/mol. The minimum absolute atomic E-state index is 0.165. The first kappa shape index (κ1) is 28.9. The number of nitrogens with one attached hydrogen (secondary N) is 1. The van der Waals surface area contributed by atoms with Gasteiger partial charge < -0.3 is 15.1 Å². The Kier molecular flexibility index (Phi) is 19.1. The number of hydrogen-bond donors (Lipinski definition) is 3. The molecular formula is C23H42NO5P. The van der Waals surface area contributed by atoms with E-state index in [4.69, 9.17) is 16.2 Å². The molecule has 0 radical (unpaired) electrons. The molecule has 0 aliphatic rings. The minimum Gasteiger partial charge on any atom is -0.350 e. The van der Waals surface area contributed by atoms with E-state index in [0.29, 0.717) is 6.42 Å². The Bertz CT molecular complexity index is 538. The van der Waals surface area contributed by atoms with Gasteiger partial charge in [-0.3, -0.25) is 9.32 Å². The van der Waals surface area contributed by atoms with E-state index in [9.17, 15) is 9.36 Å². The number of carbonyl (C=O) groups is 1. The number of allylic oxidation sites excluding steroid dienone is 2. The van der Waals surface area contributed by atoms with Gasteiger partial charge in [0.25, 0.3) is 0 Å². The summed E-state index contributed by atoms with van der Waals surface area (Å²) in [5.74, 6) is 2.21. The zero-order valence-corrected chi connectivity index (χ0v) is 19.6. The van der Waals surface area contributed by atoms with E-state index in [0.717, 1.165) is 25.7 Å². The first-order valence-corrected chi connectivity index (χ1v) is 13.0. The molecule has 0 aromatic carbocycles. The van der Waals surface area contributed by atoms with Crippen LogP contribution in [-0.2, 0) is 13.9 Å². The van der Waals surface area contributed by atoms with E-state index in [1.807, 2.05) is 0 Å². The average molecular weight is 444 g/mol. The van der Waals surface area contributed by atoms with Crippen LogP contribution < -0.4 is 5.32 Å². The number of phosphoric ester groups is 1. The topological polar surface area (TPSA) is 95.9 Å². The van der Waals surface area contributed by atoms with Crippen LogP contribution in [0, 0.1) is 12.3 Å². The Balaban J connectivity index is 3.60. The molecule has 0 aromatic rings. The second kappa shape index (κ2) is 19.8. The van der Waals surface area contributed by atoms with Crippen LogP contribution >= 0.6 is 7.82 Å². The van der Waals surface area contributed by atoms with Crippen molar-refractivity contribution in [1.29, 1.82) is 0 Å². The second-order valence-electron chi connectivity index (χ2n) is 7.79. The van der Waals surface area contributed by atoms with Crippen molar-refractivity contribution in [2.24, 2.45) is 0 Å². The van der Waals surface area contributed by atoms with E-state index in [-0.39, 0.29) is 18.9 Å². The molecule has 0 aliphatic heterocycles. The third kappa shape index (κ3) is 21.6. The number of hydrogen-bond acceptors (Lipinski definition) is 3. The van der Waals surface area contributed by atoms with Crippen LogP contribution in [-0.4, -0.2) is 28.3 Å². The van der Waals surface area contributed by atoms with Gasteiger partial charge in [0.1, 0.15) is 0 Å². The van der Waals surface area contributed by atoms with Crippen molar-refractivity contribution in [3.05, 3.63) is 12.2 Å². The number of phosphoric acid groups is 1. The minimum atomic E-state index is -4.56. The van der Waals surface area contributed by atoms with Gasteiger partial charge in [0.05, 0.1) is 12.6 Å². The molecule has 174 valence electrons. The van der Waals surface area contributed by atoms with Gasteiger partial charge in [-0.1, -0.05) is 70.4 Å². The zero-order chi connectivity index (χ0) is 22.5. The van der Waals surface area contributed by atoms with Gasteiger partial charge in [-0.25, -0.2) is 4.57 Å². The standard InChI is InChI=1S/C23H42NO5P/c1-3-5-6-7-8-9-10-11-12-13-14-15-16-17-18-20-23(25)24-22(19-4-2)21-29-30(26,27)28/h2,11-12,22H,3,5-10,13-21H2,1H3,(H,24,25)(H2,26,27,28)/b12-11-/t22-/m0/s1. The highest BCUT2D eigenvalue weighted by Gasteiger charge is 2.19. The van der Waals surface area contributed by atoms with Gasteiger partial charge in [-0.2, -0.15) is 0 Å². The number of carbonyl (C=O) groups excluding carboxylic acids is 1. The second-order valence-corrected chi connectivity index (χ2v) is 9.03. The summed E-state index contributed by atoms with van der Waals surface area (Å²) in [5, 5.41) is 2.68. The summed E-state index contributed by atoms with van der Waals surface area (Å²) in [5.41, 5.74) is 0. The van der Waals surface area contributed by atoms with Gasteiger partial charge in [-0.05, 0) is 32.1 Å². The molecule has 0 saturated carbocycles. The molecule has 0 fully saturated rings. The van der Waals surface area contributed by atoms with Crippen LogP contribution in [0.4, 0.5) is 0 Å². The maximum absolute atomic E-state index is 11.9. The van der Waals surface area contributed by atoms with Crippen LogP contribution in [0.5, 0.6) is 0 Å². The Hall–Kier alpha value is -1.12. The molecule has 0 rings (SSSR count). The maximum atomic E-state index is 11.9. The van der Waals surface area contributed by atoms with Crippen LogP contribution in [0.25, 0.3) is 0 Å². The lowest BCUT2D eigenvalue weighted by molar-refractivity contribution is -0.122. The zero-order valence-electron chi connectivity index (χ0n) is 18.7. The molecule has 0 spiro atoms. The number of terminal acetylenes is 1. The molecule has 0 saturated heterocycles. The third-order valence-corrected chi connectivity index (χ3v) is 5.32. The summed E-state index contributed by atoms with van der Waals surface area (Å²) in [7, 11) is -4.56. The number of amides is 1. The van der Waals surface area contributed by atoms with Crippen molar-refractivity contribution < 1.29 is 23.7 Å². The van der Waals surface area contributed by atoms with Crippen LogP contribution in [0.1, 0.15) is 103 Å². The van der Waals surface area contributed by atoms with Crippen LogP contribution in [0.2, 0.25) is 0 Å². The van der Waals surface area contributed by atoms with Crippen molar-refractivity contribution in [3.8, 4) is 12.3 Å². The summed E-state index contributed by atoms with van der Waals surface area (Å²) in [6.45, 7) is 1.95. The fourth-order valence-electron chi connectivity index (χ4n) is 3.14. The first-order chi connectivity index (χ1) is 14.4. The highest BCUT2D eigenvalue weighted by Crippen LogP contribution is 2.35. The fraction of sp³-hybridized carbons (Fsp3) is 0.783. The Labute approximate surface area is 183 Å². The van der Waals surface area contributed by atoms with E-state index in [2.05, 4.69) is 34.8 Å². The van der Waals surface area contributed by atoms with Crippen molar-refractivity contribution in [1.82, 2.24) is 5.32 Å². The van der Waals surface area contributed by atoms with Gasteiger partial charge in [0.15, 0.2) is 0 Å². The molecule has 0 unspecified atom stereocenters. The van der Waals surface area contributed by atoms with Crippen molar-refractivity contribution in [3.63, 3.8) is 0 Å². The van der Waals surface area contributed by atoms with E-state index < -0.39 is 13.9 Å². The quantitative estimate of drug-likeness (QED) is 0.0979. The highest BCUT2D eigenvalue weighted by molar-refractivity contribution is 7.46.